The first-order valence-corrected chi connectivity index (χ1v) is 6.31. The number of benzene rings is 1. The van der Waals surface area contributed by atoms with Crippen molar-refractivity contribution in [2.75, 3.05) is 19.0 Å². The molecule has 0 aliphatic heterocycles. The van der Waals surface area contributed by atoms with E-state index in [1.807, 2.05) is 6.92 Å². The lowest BCUT2D eigenvalue weighted by Gasteiger charge is -2.10. The van der Waals surface area contributed by atoms with Crippen molar-refractivity contribution >= 4 is 5.95 Å². The SMILES string of the molecule is CCOc1ccc(-c2cc(C(F)(F)F)nc(NC)n2)cc1. The fourth-order valence-electron chi connectivity index (χ4n) is 1.74. The van der Waals surface area contributed by atoms with Crippen molar-refractivity contribution in [3.05, 3.63) is 36.0 Å². The molecular weight excluding hydrogens is 283 g/mol. The third kappa shape index (κ3) is 3.62. The Labute approximate surface area is 120 Å². The first kappa shape index (κ1) is 15.1. The molecule has 1 N–H and O–H groups in total. The molecule has 1 aromatic heterocycles. The van der Waals surface area contributed by atoms with Crippen LogP contribution in [0.15, 0.2) is 30.3 Å². The number of hydrogen-bond acceptors (Lipinski definition) is 4. The van der Waals surface area contributed by atoms with Gasteiger partial charge in [-0.15, -0.1) is 0 Å². The molecule has 0 bridgehead atoms. The lowest BCUT2D eigenvalue weighted by Crippen LogP contribution is -2.11. The second kappa shape index (κ2) is 5.99. The van der Waals surface area contributed by atoms with Crippen LogP contribution < -0.4 is 10.1 Å². The number of nitrogens with one attached hydrogen (secondary N) is 1. The van der Waals surface area contributed by atoms with Crippen molar-refractivity contribution in [1.82, 2.24) is 9.97 Å². The van der Waals surface area contributed by atoms with E-state index in [1.54, 1.807) is 24.3 Å². The maximum Gasteiger partial charge on any atom is 0.433 e. The van der Waals surface area contributed by atoms with Crippen LogP contribution in [0.25, 0.3) is 11.3 Å². The molecule has 0 atom stereocenters. The maximum atomic E-state index is 12.8. The summed E-state index contributed by atoms with van der Waals surface area (Å²) in [5, 5.41) is 2.53. The molecule has 1 heterocycles. The lowest BCUT2D eigenvalue weighted by atomic mass is 10.1. The molecule has 0 amide bonds. The topological polar surface area (TPSA) is 47.0 Å². The largest absolute Gasteiger partial charge is 0.494 e. The van der Waals surface area contributed by atoms with Gasteiger partial charge in [0.2, 0.25) is 5.95 Å². The number of anilines is 1. The quantitative estimate of drug-likeness (QED) is 0.936. The highest BCUT2D eigenvalue weighted by Gasteiger charge is 2.33. The Kier molecular flexibility index (Phi) is 4.30. The van der Waals surface area contributed by atoms with E-state index >= 15 is 0 Å². The zero-order valence-corrected chi connectivity index (χ0v) is 11.5. The summed E-state index contributed by atoms with van der Waals surface area (Å²) in [5.41, 5.74) is -0.224. The van der Waals surface area contributed by atoms with Crippen LogP contribution >= 0.6 is 0 Å². The van der Waals surface area contributed by atoms with E-state index in [0.717, 1.165) is 6.07 Å². The summed E-state index contributed by atoms with van der Waals surface area (Å²) >= 11 is 0. The highest BCUT2D eigenvalue weighted by atomic mass is 19.4. The van der Waals surface area contributed by atoms with Crippen molar-refractivity contribution < 1.29 is 17.9 Å². The standard InChI is InChI=1S/C14H14F3N3O/c1-3-21-10-6-4-9(5-7-10)11-8-12(14(15,16)17)20-13(18-2)19-11/h4-8H,3H2,1-2H3,(H,18,19,20). The summed E-state index contributed by atoms with van der Waals surface area (Å²) in [6, 6.07) is 7.62. The normalized spacial score (nSPS) is 11.3. The molecule has 0 fully saturated rings. The molecule has 0 radical (unpaired) electrons. The number of ether oxygens (including phenoxy) is 1. The summed E-state index contributed by atoms with van der Waals surface area (Å²) in [4.78, 5) is 7.47. The Morgan fingerprint density at radius 2 is 1.81 bits per heavy atom. The third-order valence-electron chi connectivity index (χ3n) is 2.70. The highest BCUT2D eigenvalue weighted by molar-refractivity contribution is 5.62. The summed E-state index contributed by atoms with van der Waals surface area (Å²) in [6.45, 7) is 2.38. The molecule has 0 spiro atoms. The Balaban J connectivity index is 2.42. The molecule has 7 heteroatoms. The van der Waals surface area contributed by atoms with Crippen LogP contribution in [0.4, 0.5) is 19.1 Å². The van der Waals surface area contributed by atoms with Crippen LogP contribution in [0.3, 0.4) is 0 Å². The molecule has 2 aromatic rings. The van der Waals surface area contributed by atoms with Gasteiger partial charge < -0.3 is 10.1 Å². The Morgan fingerprint density at radius 3 is 2.33 bits per heavy atom. The van der Waals surface area contributed by atoms with Crippen LogP contribution in [0.1, 0.15) is 12.6 Å². The number of aromatic nitrogens is 2. The second-order valence-corrected chi connectivity index (χ2v) is 4.17. The predicted molar refractivity (Wildman–Crippen MR) is 73.2 cm³/mol. The second-order valence-electron chi connectivity index (χ2n) is 4.17. The molecule has 21 heavy (non-hydrogen) atoms. The van der Waals surface area contributed by atoms with Gasteiger partial charge in [-0.2, -0.15) is 13.2 Å². The number of nitrogens with zero attached hydrogens (tertiary/aromatic N) is 2. The van der Waals surface area contributed by atoms with E-state index in [2.05, 4.69) is 15.3 Å². The van der Waals surface area contributed by atoms with Crippen molar-refractivity contribution in [2.45, 2.75) is 13.1 Å². The summed E-state index contributed by atoms with van der Waals surface area (Å²) in [7, 11) is 1.47. The van der Waals surface area contributed by atoms with Gasteiger partial charge in [0.15, 0.2) is 5.69 Å². The number of halogens is 3. The lowest BCUT2D eigenvalue weighted by molar-refractivity contribution is -0.141. The molecule has 2 rings (SSSR count). The molecular formula is C14H14F3N3O. The van der Waals surface area contributed by atoms with Gasteiger partial charge in [-0.3, -0.25) is 0 Å². The van der Waals surface area contributed by atoms with Crippen molar-refractivity contribution in [2.24, 2.45) is 0 Å². The Morgan fingerprint density at radius 1 is 1.14 bits per heavy atom. The molecule has 4 nitrogen and oxygen atoms in total. The van der Waals surface area contributed by atoms with Gasteiger partial charge in [-0.25, -0.2) is 9.97 Å². The van der Waals surface area contributed by atoms with Crippen molar-refractivity contribution in [3.63, 3.8) is 0 Å². The van der Waals surface area contributed by atoms with Crippen molar-refractivity contribution in [1.29, 1.82) is 0 Å². The number of rotatable bonds is 4. The Hall–Kier alpha value is -2.31. The average Bonchev–Trinajstić information content (AvgIpc) is 2.47. The van der Waals surface area contributed by atoms with Gasteiger partial charge in [0.05, 0.1) is 12.3 Å². The van der Waals surface area contributed by atoms with E-state index in [-0.39, 0.29) is 11.6 Å². The first-order valence-electron chi connectivity index (χ1n) is 6.31. The predicted octanol–water partition coefficient (Wildman–Crippen LogP) is 3.60. The van der Waals surface area contributed by atoms with Gasteiger partial charge in [0, 0.05) is 12.6 Å². The number of hydrogen-bond donors (Lipinski definition) is 1. The summed E-state index contributed by atoms with van der Waals surface area (Å²) < 4.78 is 43.8. The Bertz CT molecular complexity index is 612. The van der Waals surface area contributed by atoms with Crippen LogP contribution in [0.5, 0.6) is 5.75 Å². The minimum absolute atomic E-state index is 0.0753. The molecule has 0 aliphatic carbocycles. The fourth-order valence-corrected chi connectivity index (χ4v) is 1.74. The van der Waals surface area contributed by atoms with Crippen LogP contribution in [-0.2, 0) is 6.18 Å². The summed E-state index contributed by atoms with van der Waals surface area (Å²) in [6.07, 6.45) is -4.52. The minimum Gasteiger partial charge on any atom is -0.494 e. The van der Waals surface area contributed by atoms with Crippen LogP contribution in [0, 0.1) is 0 Å². The highest BCUT2D eigenvalue weighted by Crippen LogP contribution is 2.31. The smallest absolute Gasteiger partial charge is 0.433 e. The summed E-state index contributed by atoms with van der Waals surface area (Å²) in [5.74, 6) is 0.578. The van der Waals surface area contributed by atoms with E-state index < -0.39 is 11.9 Å². The van der Waals surface area contributed by atoms with Crippen molar-refractivity contribution in [3.8, 4) is 17.0 Å². The molecule has 0 aliphatic rings. The van der Waals surface area contributed by atoms with Gasteiger partial charge in [0.1, 0.15) is 5.75 Å². The zero-order valence-electron chi connectivity index (χ0n) is 11.5. The van der Waals surface area contributed by atoms with E-state index in [9.17, 15) is 13.2 Å². The van der Waals surface area contributed by atoms with Gasteiger partial charge in [-0.1, -0.05) is 0 Å². The maximum absolute atomic E-state index is 12.8. The van der Waals surface area contributed by atoms with Gasteiger partial charge in [-0.05, 0) is 37.3 Å². The van der Waals surface area contributed by atoms with E-state index in [1.165, 1.54) is 7.05 Å². The minimum atomic E-state index is -4.52. The third-order valence-corrected chi connectivity index (χ3v) is 2.70. The molecule has 0 saturated heterocycles. The van der Waals surface area contributed by atoms with Crippen LogP contribution in [0.2, 0.25) is 0 Å². The fraction of sp³-hybridized carbons (Fsp3) is 0.286. The monoisotopic (exact) mass is 297 g/mol. The van der Waals surface area contributed by atoms with E-state index in [4.69, 9.17) is 4.74 Å². The zero-order chi connectivity index (χ0) is 15.5. The molecule has 1 aromatic carbocycles. The molecule has 0 unspecified atom stereocenters. The van der Waals surface area contributed by atoms with E-state index in [0.29, 0.717) is 17.9 Å². The first-order chi connectivity index (χ1) is 9.94. The van der Waals surface area contributed by atoms with Gasteiger partial charge >= 0.3 is 6.18 Å². The van der Waals surface area contributed by atoms with Gasteiger partial charge in [0.25, 0.3) is 0 Å². The number of alkyl halides is 3. The molecule has 112 valence electrons. The average molecular weight is 297 g/mol. The van der Waals surface area contributed by atoms with Crippen LogP contribution in [-0.4, -0.2) is 23.6 Å². The molecule has 0 saturated carbocycles.